The van der Waals surface area contributed by atoms with Crippen LogP contribution < -0.4 is 0 Å². The van der Waals surface area contributed by atoms with Gasteiger partial charge in [0.15, 0.2) is 0 Å². The first-order valence-electron chi connectivity index (χ1n) is 5.06. The van der Waals surface area contributed by atoms with Crippen LogP contribution in [0.3, 0.4) is 0 Å². The van der Waals surface area contributed by atoms with Crippen molar-refractivity contribution in [2.45, 2.75) is 0 Å². The maximum atomic E-state index is 11.8. The van der Waals surface area contributed by atoms with Gasteiger partial charge in [-0.05, 0) is 29.8 Å². The summed E-state index contributed by atoms with van der Waals surface area (Å²) in [5.41, 5.74) is 0.788. The van der Waals surface area contributed by atoms with Gasteiger partial charge >= 0.3 is 6.15 Å². The molecule has 0 aromatic heterocycles. The van der Waals surface area contributed by atoms with Gasteiger partial charge in [0.1, 0.15) is 4.32 Å². The van der Waals surface area contributed by atoms with Crippen LogP contribution in [0.1, 0.15) is 5.56 Å². The number of nitrogens with zero attached hydrogens (tertiary/aromatic N) is 1. The third-order valence-electron chi connectivity index (χ3n) is 2.17. The van der Waals surface area contributed by atoms with Gasteiger partial charge in [0.05, 0.1) is 4.91 Å². The molecule has 1 saturated heterocycles. The lowest BCUT2D eigenvalue weighted by atomic mass is 10.2. The molecule has 1 aromatic rings. The van der Waals surface area contributed by atoms with E-state index in [1.54, 1.807) is 31.3 Å². The van der Waals surface area contributed by atoms with E-state index in [9.17, 15) is 4.79 Å². The predicted molar refractivity (Wildman–Crippen MR) is 82.4 cm³/mol. The number of carbonyl (C=O) groups excluding carboxylic acids is 3. The molecule has 4 nitrogen and oxygen atoms in total. The first-order valence-corrected chi connectivity index (χ1v) is 7.04. The highest BCUT2D eigenvalue weighted by Gasteiger charge is 2.28. The Labute approximate surface area is 134 Å². The van der Waals surface area contributed by atoms with Gasteiger partial charge in [0.25, 0.3) is 5.91 Å². The number of thiocarbonyl (C=S) groups is 1. The van der Waals surface area contributed by atoms with Gasteiger partial charge in [-0.3, -0.25) is 9.69 Å². The lowest BCUT2D eigenvalue weighted by Crippen LogP contribution is -2.22. The van der Waals surface area contributed by atoms with E-state index in [1.165, 1.54) is 16.7 Å². The van der Waals surface area contributed by atoms with Crippen LogP contribution in [0.15, 0.2) is 23.1 Å². The summed E-state index contributed by atoms with van der Waals surface area (Å²) in [7, 11) is 1.66. The summed E-state index contributed by atoms with van der Waals surface area (Å²) in [4.78, 5) is 30.0. The van der Waals surface area contributed by atoms with E-state index < -0.39 is 0 Å². The summed E-state index contributed by atoms with van der Waals surface area (Å²) in [5.74, 6) is -0.101. The van der Waals surface area contributed by atoms with Gasteiger partial charge in [-0.1, -0.05) is 47.2 Å². The van der Waals surface area contributed by atoms with Crippen molar-refractivity contribution < 1.29 is 14.4 Å². The first kappa shape index (κ1) is 16.9. The predicted octanol–water partition coefficient (Wildman–Crippen LogP) is 3.24. The molecule has 0 saturated carbocycles. The van der Waals surface area contributed by atoms with E-state index in [2.05, 4.69) is 0 Å². The quantitative estimate of drug-likeness (QED) is 0.576. The molecule has 104 valence electrons. The molecule has 0 spiro atoms. The van der Waals surface area contributed by atoms with Gasteiger partial charge in [-0.15, -0.1) is 0 Å². The van der Waals surface area contributed by atoms with Crippen molar-refractivity contribution in [2.75, 3.05) is 7.05 Å². The molecule has 0 bridgehead atoms. The molecule has 0 radical (unpaired) electrons. The van der Waals surface area contributed by atoms with Crippen molar-refractivity contribution in [3.8, 4) is 0 Å². The summed E-state index contributed by atoms with van der Waals surface area (Å²) < 4.78 is 0.550. The zero-order chi connectivity index (χ0) is 15.3. The number of benzene rings is 1. The van der Waals surface area contributed by atoms with Crippen LogP contribution >= 0.6 is 47.2 Å². The molecule has 0 aliphatic carbocycles. The molecule has 8 heteroatoms. The molecule has 0 N–H and O–H groups in total. The second-order valence-electron chi connectivity index (χ2n) is 3.53. The lowest BCUT2D eigenvalue weighted by Gasteiger charge is -2.03. The van der Waals surface area contributed by atoms with Crippen LogP contribution in [-0.4, -0.2) is 28.3 Å². The Hall–Kier alpha value is -1.17. The Bertz CT molecular complexity index is 605. The molecule has 0 unspecified atom stereocenters. The summed E-state index contributed by atoms with van der Waals surface area (Å²) in [6, 6.07) is 5.14. The fraction of sp³-hybridized carbons (Fsp3) is 0.0833. The number of likely N-dealkylation sites (N-methyl/N-ethyl adjacent to an activating group) is 1. The fourth-order valence-corrected chi connectivity index (χ4v) is 3.08. The van der Waals surface area contributed by atoms with E-state index in [0.717, 1.165) is 5.56 Å². The van der Waals surface area contributed by atoms with Gasteiger partial charge in [0.2, 0.25) is 0 Å². The second-order valence-corrected chi connectivity index (χ2v) is 6.08. The molecular formula is C12H7Cl2NO3S2. The van der Waals surface area contributed by atoms with Crippen molar-refractivity contribution in [2.24, 2.45) is 0 Å². The number of hydrogen-bond acceptors (Lipinski definition) is 5. The van der Waals surface area contributed by atoms with Gasteiger partial charge in [-0.2, -0.15) is 9.59 Å². The minimum Gasteiger partial charge on any atom is -0.296 e. The highest BCUT2D eigenvalue weighted by atomic mass is 35.5. The van der Waals surface area contributed by atoms with Crippen LogP contribution in [-0.2, 0) is 14.4 Å². The molecule has 1 aromatic carbocycles. The molecular weight excluding hydrogens is 341 g/mol. The summed E-state index contributed by atoms with van der Waals surface area (Å²) in [5, 5.41) is 1.08. The monoisotopic (exact) mass is 347 g/mol. The summed E-state index contributed by atoms with van der Waals surface area (Å²) in [6.07, 6.45) is 1.99. The third kappa shape index (κ3) is 4.44. The first-order chi connectivity index (χ1) is 9.38. The molecule has 1 heterocycles. The molecule has 0 atom stereocenters. The molecule has 1 aliphatic heterocycles. The Morgan fingerprint density at radius 2 is 1.75 bits per heavy atom. The fourth-order valence-electron chi connectivity index (χ4n) is 1.36. The standard InChI is InChI=1S/C11H7Cl2NOS2.CO2/c1-14-10(15)9(17-11(14)16)4-6-2-7(12)5-8(13)3-6;2-1-3/h2-5H,1H3;/b9-4-;. The smallest absolute Gasteiger partial charge is 0.296 e. The minimum absolute atomic E-state index is 0.101. The van der Waals surface area contributed by atoms with Crippen LogP contribution in [0.5, 0.6) is 0 Å². The molecule has 1 aliphatic rings. The maximum Gasteiger partial charge on any atom is 0.373 e. The zero-order valence-electron chi connectivity index (χ0n) is 10.1. The SMILES string of the molecule is CN1C(=O)/C(=C/c2cc(Cl)cc(Cl)c2)SC1=S.O=C=O. The van der Waals surface area contributed by atoms with Crippen molar-refractivity contribution in [1.29, 1.82) is 0 Å². The Morgan fingerprint density at radius 1 is 1.25 bits per heavy atom. The third-order valence-corrected chi connectivity index (χ3v) is 4.09. The van der Waals surface area contributed by atoms with Crippen LogP contribution in [0, 0.1) is 0 Å². The number of thioether (sulfide) groups is 1. The van der Waals surface area contributed by atoms with Crippen molar-refractivity contribution in [3.63, 3.8) is 0 Å². The molecule has 1 fully saturated rings. The van der Waals surface area contributed by atoms with E-state index in [0.29, 0.717) is 19.3 Å². The molecule has 1 amide bonds. The van der Waals surface area contributed by atoms with Gasteiger partial charge < -0.3 is 0 Å². The Morgan fingerprint density at radius 3 is 2.15 bits per heavy atom. The summed E-state index contributed by atoms with van der Waals surface area (Å²) >= 11 is 18.1. The highest BCUT2D eigenvalue weighted by Crippen LogP contribution is 2.32. The maximum absolute atomic E-state index is 11.8. The topological polar surface area (TPSA) is 54.5 Å². The minimum atomic E-state index is -0.101. The van der Waals surface area contributed by atoms with Crippen LogP contribution in [0.2, 0.25) is 10.0 Å². The number of hydrogen-bond donors (Lipinski definition) is 0. The lowest BCUT2D eigenvalue weighted by molar-refractivity contribution is -0.191. The second kappa shape index (κ2) is 7.57. The zero-order valence-corrected chi connectivity index (χ0v) is 13.2. The van der Waals surface area contributed by atoms with Crippen molar-refractivity contribution >= 4 is 69.6 Å². The largest absolute Gasteiger partial charge is 0.373 e. The van der Waals surface area contributed by atoms with Crippen LogP contribution in [0.25, 0.3) is 6.08 Å². The average Bonchev–Trinajstić information content (AvgIpc) is 2.57. The Kier molecular flexibility index (Phi) is 6.39. The molecule has 20 heavy (non-hydrogen) atoms. The summed E-state index contributed by atoms with van der Waals surface area (Å²) in [6.45, 7) is 0. The van der Waals surface area contributed by atoms with Crippen molar-refractivity contribution in [3.05, 3.63) is 38.7 Å². The van der Waals surface area contributed by atoms with E-state index in [4.69, 9.17) is 45.0 Å². The van der Waals surface area contributed by atoms with E-state index in [-0.39, 0.29) is 12.1 Å². The van der Waals surface area contributed by atoms with Crippen LogP contribution in [0.4, 0.5) is 0 Å². The highest BCUT2D eigenvalue weighted by molar-refractivity contribution is 8.26. The van der Waals surface area contributed by atoms with Gasteiger partial charge in [0, 0.05) is 17.1 Å². The average molecular weight is 348 g/mol. The van der Waals surface area contributed by atoms with E-state index in [1.807, 2.05) is 0 Å². The number of rotatable bonds is 1. The number of carbonyl (C=O) groups is 1. The van der Waals surface area contributed by atoms with E-state index >= 15 is 0 Å². The number of amides is 1. The Balaban J connectivity index is 0.000000612. The van der Waals surface area contributed by atoms with Gasteiger partial charge in [-0.25, -0.2) is 0 Å². The normalized spacial score (nSPS) is 15.9. The molecule has 2 rings (SSSR count). The van der Waals surface area contributed by atoms with Crippen molar-refractivity contribution in [1.82, 2.24) is 4.90 Å². The number of halogens is 2.